The fraction of sp³-hybridized carbons (Fsp3) is 0.350. The summed E-state index contributed by atoms with van der Waals surface area (Å²) in [4.78, 5) is 13.6. The topological polar surface area (TPSA) is 38.8 Å². The lowest BCUT2D eigenvalue weighted by atomic mass is 10.00. The average Bonchev–Trinajstić information content (AvgIpc) is 2.64. The van der Waals surface area contributed by atoms with Gasteiger partial charge in [0.05, 0.1) is 19.3 Å². The summed E-state index contributed by atoms with van der Waals surface area (Å²) < 4.78 is 11.1. The number of fused-ring (bicyclic) bond motifs is 1. The molecule has 0 aliphatic carbocycles. The molecule has 2 aromatic rings. The quantitative estimate of drug-likeness (QED) is 0.578. The Kier molecular flexibility index (Phi) is 5.49. The highest BCUT2D eigenvalue weighted by atomic mass is 16.5. The van der Waals surface area contributed by atoms with Gasteiger partial charge in [-0.1, -0.05) is 30.3 Å². The van der Waals surface area contributed by atoms with Gasteiger partial charge >= 0.3 is 0 Å². The van der Waals surface area contributed by atoms with Crippen LogP contribution in [-0.2, 0) is 13.0 Å². The number of carbonyl (C=O) groups excluding carboxylic acids is 1. The van der Waals surface area contributed by atoms with E-state index in [0.29, 0.717) is 23.7 Å². The molecule has 0 N–H and O–H groups in total. The molecule has 0 aromatic heterocycles. The van der Waals surface area contributed by atoms with Crippen molar-refractivity contribution in [2.24, 2.45) is 0 Å². The fourth-order valence-electron chi connectivity index (χ4n) is 3.15. The van der Waals surface area contributed by atoms with Crippen LogP contribution < -0.4 is 9.47 Å². The largest absolute Gasteiger partial charge is 0.493 e. The van der Waals surface area contributed by atoms with Crippen LogP contribution in [0.25, 0.3) is 0 Å². The van der Waals surface area contributed by atoms with Gasteiger partial charge in [-0.15, -0.1) is 0 Å². The summed E-state index contributed by atoms with van der Waals surface area (Å²) in [5.74, 6) is 1.14. The van der Waals surface area contributed by atoms with E-state index in [1.54, 1.807) is 19.2 Å². The molecule has 0 bridgehead atoms. The Morgan fingerprint density at radius 1 is 1.12 bits per heavy atom. The molecule has 4 heteroatoms. The van der Waals surface area contributed by atoms with E-state index in [-0.39, 0.29) is 0 Å². The normalized spacial score (nSPS) is 14.0. The predicted octanol–water partition coefficient (Wildman–Crippen LogP) is 3.33. The van der Waals surface area contributed by atoms with Gasteiger partial charge in [-0.25, -0.2) is 0 Å². The van der Waals surface area contributed by atoms with Crippen LogP contribution in [0.2, 0.25) is 0 Å². The van der Waals surface area contributed by atoms with E-state index in [9.17, 15) is 4.79 Å². The highest BCUT2D eigenvalue weighted by Crippen LogP contribution is 2.30. The van der Waals surface area contributed by atoms with Crippen molar-refractivity contribution in [3.8, 4) is 11.5 Å². The van der Waals surface area contributed by atoms with Crippen molar-refractivity contribution in [3.05, 3.63) is 59.2 Å². The zero-order valence-electron chi connectivity index (χ0n) is 14.0. The van der Waals surface area contributed by atoms with Gasteiger partial charge in [0.1, 0.15) is 0 Å². The first-order valence-electron chi connectivity index (χ1n) is 8.36. The van der Waals surface area contributed by atoms with E-state index in [1.807, 2.05) is 6.07 Å². The number of nitrogens with zero attached hydrogens (tertiary/aromatic N) is 1. The molecule has 0 radical (unpaired) electrons. The molecule has 0 saturated carbocycles. The van der Waals surface area contributed by atoms with Crippen LogP contribution in [-0.4, -0.2) is 38.0 Å². The molecule has 0 atom stereocenters. The van der Waals surface area contributed by atoms with E-state index in [0.717, 1.165) is 38.8 Å². The van der Waals surface area contributed by atoms with Crippen molar-refractivity contribution in [1.29, 1.82) is 0 Å². The Balaban J connectivity index is 1.51. The second kappa shape index (κ2) is 7.97. The van der Waals surface area contributed by atoms with Gasteiger partial charge in [-0.2, -0.15) is 0 Å². The van der Waals surface area contributed by atoms with Crippen LogP contribution in [0.1, 0.15) is 27.9 Å². The summed E-state index contributed by atoms with van der Waals surface area (Å²) in [5.41, 5.74) is 3.42. The van der Waals surface area contributed by atoms with Crippen LogP contribution in [0.3, 0.4) is 0 Å². The molecule has 1 aliphatic heterocycles. The van der Waals surface area contributed by atoms with E-state index in [4.69, 9.17) is 9.47 Å². The molecule has 0 fully saturated rings. The van der Waals surface area contributed by atoms with Crippen molar-refractivity contribution in [3.63, 3.8) is 0 Å². The minimum atomic E-state index is 0.529. The summed E-state index contributed by atoms with van der Waals surface area (Å²) in [6, 6.07) is 14.0. The van der Waals surface area contributed by atoms with E-state index in [1.165, 1.54) is 11.1 Å². The first-order valence-corrected chi connectivity index (χ1v) is 8.36. The molecule has 4 nitrogen and oxygen atoms in total. The van der Waals surface area contributed by atoms with Gasteiger partial charge in [0, 0.05) is 19.6 Å². The number of methoxy groups -OCH3 is 1. The minimum Gasteiger partial charge on any atom is -0.493 e. The van der Waals surface area contributed by atoms with Crippen LogP contribution in [0.5, 0.6) is 11.5 Å². The molecular weight excluding hydrogens is 302 g/mol. The van der Waals surface area contributed by atoms with Crippen molar-refractivity contribution in [2.45, 2.75) is 19.4 Å². The summed E-state index contributed by atoms with van der Waals surface area (Å²) in [6.07, 6.45) is 2.83. The lowest BCUT2D eigenvalue weighted by Gasteiger charge is -2.28. The third-order valence-corrected chi connectivity index (χ3v) is 4.43. The Labute approximate surface area is 143 Å². The lowest BCUT2D eigenvalue weighted by molar-refractivity contribution is 0.111. The number of hydrogen-bond acceptors (Lipinski definition) is 4. The van der Waals surface area contributed by atoms with Crippen molar-refractivity contribution in [2.75, 3.05) is 26.8 Å². The zero-order chi connectivity index (χ0) is 16.8. The molecule has 126 valence electrons. The molecular formula is C20H23NO3. The monoisotopic (exact) mass is 325 g/mol. The lowest BCUT2D eigenvalue weighted by Crippen LogP contribution is -2.32. The first-order chi connectivity index (χ1) is 11.8. The third-order valence-electron chi connectivity index (χ3n) is 4.43. The van der Waals surface area contributed by atoms with Crippen molar-refractivity contribution >= 4 is 6.29 Å². The number of ether oxygens (including phenoxy) is 2. The Bertz CT molecular complexity index is 699. The fourth-order valence-corrected chi connectivity index (χ4v) is 3.15. The maximum Gasteiger partial charge on any atom is 0.171 e. The zero-order valence-corrected chi connectivity index (χ0v) is 14.0. The number of hydrogen-bond donors (Lipinski definition) is 0. The van der Waals surface area contributed by atoms with Crippen molar-refractivity contribution in [1.82, 2.24) is 4.90 Å². The third kappa shape index (κ3) is 3.77. The molecule has 24 heavy (non-hydrogen) atoms. The maximum atomic E-state index is 11.1. The van der Waals surface area contributed by atoms with Gasteiger partial charge < -0.3 is 9.47 Å². The van der Waals surface area contributed by atoms with E-state index in [2.05, 4.69) is 29.2 Å². The van der Waals surface area contributed by atoms with Gasteiger partial charge in [0.2, 0.25) is 0 Å². The van der Waals surface area contributed by atoms with Gasteiger partial charge in [0.15, 0.2) is 17.8 Å². The standard InChI is InChI=1S/C20H23NO3/c1-23-19-9-4-8-18(15-22)20(19)24-13-5-11-21-12-10-16-6-2-3-7-17(16)14-21/h2-4,6-9,15H,5,10-14H2,1H3. The Hall–Kier alpha value is -2.33. The molecule has 3 rings (SSSR count). The highest BCUT2D eigenvalue weighted by molar-refractivity contribution is 5.81. The van der Waals surface area contributed by atoms with Gasteiger partial charge in [-0.05, 0) is 36.1 Å². The molecule has 1 aliphatic rings. The number of aldehydes is 1. The van der Waals surface area contributed by atoms with Gasteiger partial charge in [-0.3, -0.25) is 9.69 Å². The summed E-state index contributed by atoms with van der Waals surface area (Å²) in [7, 11) is 1.59. The molecule has 2 aromatic carbocycles. The van der Waals surface area contributed by atoms with Crippen molar-refractivity contribution < 1.29 is 14.3 Å². The van der Waals surface area contributed by atoms with Crippen LogP contribution in [0.15, 0.2) is 42.5 Å². The van der Waals surface area contributed by atoms with Crippen LogP contribution in [0.4, 0.5) is 0 Å². The number of para-hydroxylation sites is 1. The smallest absolute Gasteiger partial charge is 0.171 e. The summed E-state index contributed by atoms with van der Waals surface area (Å²) in [6.45, 7) is 3.65. The van der Waals surface area contributed by atoms with Crippen LogP contribution in [0, 0.1) is 0 Å². The number of benzene rings is 2. The Morgan fingerprint density at radius 2 is 1.96 bits per heavy atom. The molecule has 0 amide bonds. The number of rotatable bonds is 7. The first kappa shape index (κ1) is 16.5. The Morgan fingerprint density at radius 3 is 2.75 bits per heavy atom. The van der Waals surface area contributed by atoms with Gasteiger partial charge in [0.25, 0.3) is 0 Å². The average molecular weight is 325 g/mol. The highest BCUT2D eigenvalue weighted by Gasteiger charge is 2.15. The van der Waals surface area contributed by atoms with E-state index < -0.39 is 0 Å². The minimum absolute atomic E-state index is 0.529. The van der Waals surface area contributed by atoms with Crippen LogP contribution >= 0.6 is 0 Å². The molecule has 0 saturated heterocycles. The molecule has 0 unspecified atom stereocenters. The number of carbonyl (C=O) groups is 1. The summed E-state index contributed by atoms with van der Waals surface area (Å²) in [5, 5.41) is 0. The van der Waals surface area contributed by atoms with E-state index >= 15 is 0 Å². The maximum absolute atomic E-state index is 11.1. The predicted molar refractivity (Wildman–Crippen MR) is 93.9 cm³/mol. The second-order valence-electron chi connectivity index (χ2n) is 5.99. The molecule has 1 heterocycles. The molecule has 0 spiro atoms. The second-order valence-corrected chi connectivity index (χ2v) is 5.99. The SMILES string of the molecule is COc1cccc(C=O)c1OCCCN1CCc2ccccc2C1. The summed E-state index contributed by atoms with van der Waals surface area (Å²) >= 11 is 0.